The van der Waals surface area contributed by atoms with Gasteiger partial charge in [-0.3, -0.25) is 9.36 Å². The van der Waals surface area contributed by atoms with E-state index in [9.17, 15) is 19.1 Å². The van der Waals surface area contributed by atoms with Crippen molar-refractivity contribution in [2.24, 2.45) is 0 Å². The van der Waals surface area contributed by atoms with Crippen molar-refractivity contribution in [1.29, 1.82) is 0 Å². The quantitative estimate of drug-likeness (QED) is 0.769. The predicted octanol–water partition coefficient (Wildman–Crippen LogP) is 3.30. The SMILES string of the molecule is CCCc1nc2scc(C(=O)O)c2c(=O)n1Cc1ccccc1F. The second-order valence-electron chi connectivity index (χ2n) is 5.40. The van der Waals surface area contributed by atoms with Crippen LogP contribution in [0.15, 0.2) is 34.4 Å². The third kappa shape index (κ3) is 2.82. The lowest BCUT2D eigenvalue weighted by Gasteiger charge is -2.12. The van der Waals surface area contributed by atoms with Crippen LogP contribution in [0.5, 0.6) is 0 Å². The van der Waals surface area contributed by atoms with Crippen LogP contribution in [-0.4, -0.2) is 20.6 Å². The molecule has 0 unspecified atom stereocenters. The van der Waals surface area contributed by atoms with Crippen molar-refractivity contribution >= 4 is 27.5 Å². The molecule has 5 nitrogen and oxygen atoms in total. The van der Waals surface area contributed by atoms with Gasteiger partial charge in [0.15, 0.2) is 0 Å². The van der Waals surface area contributed by atoms with Gasteiger partial charge < -0.3 is 5.11 Å². The first-order chi connectivity index (χ1) is 11.5. The molecular formula is C17H15FN2O3S. The number of rotatable bonds is 5. The molecule has 0 aliphatic rings. The molecule has 1 N–H and O–H groups in total. The number of nitrogens with zero attached hydrogens (tertiary/aromatic N) is 2. The third-order valence-corrected chi connectivity index (χ3v) is 4.64. The van der Waals surface area contributed by atoms with Crippen LogP contribution in [0.3, 0.4) is 0 Å². The Morgan fingerprint density at radius 1 is 1.38 bits per heavy atom. The van der Waals surface area contributed by atoms with Crippen LogP contribution in [0.25, 0.3) is 10.2 Å². The van der Waals surface area contributed by atoms with Gasteiger partial charge in [-0.25, -0.2) is 14.2 Å². The van der Waals surface area contributed by atoms with Gasteiger partial charge in [0, 0.05) is 17.4 Å². The number of thiophene rings is 1. The third-order valence-electron chi connectivity index (χ3n) is 3.76. The molecule has 0 amide bonds. The lowest BCUT2D eigenvalue weighted by atomic mass is 10.2. The highest BCUT2D eigenvalue weighted by molar-refractivity contribution is 7.17. The Bertz CT molecular complexity index is 978. The number of carboxylic acids is 1. The summed E-state index contributed by atoms with van der Waals surface area (Å²) in [6.45, 7) is 1.99. The maximum atomic E-state index is 14.0. The molecule has 24 heavy (non-hydrogen) atoms. The van der Waals surface area contributed by atoms with E-state index >= 15 is 0 Å². The number of aromatic carboxylic acids is 1. The van der Waals surface area contributed by atoms with Gasteiger partial charge in [-0.2, -0.15) is 0 Å². The minimum atomic E-state index is -1.17. The van der Waals surface area contributed by atoms with Gasteiger partial charge in [-0.1, -0.05) is 25.1 Å². The number of aryl methyl sites for hydroxylation is 1. The van der Waals surface area contributed by atoms with E-state index in [0.717, 1.165) is 17.8 Å². The normalized spacial score (nSPS) is 11.1. The largest absolute Gasteiger partial charge is 0.478 e. The Morgan fingerprint density at radius 2 is 2.12 bits per heavy atom. The van der Waals surface area contributed by atoms with Gasteiger partial charge in [0.2, 0.25) is 0 Å². The molecule has 0 saturated carbocycles. The van der Waals surface area contributed by atoms with Crippen LogP contribution >= 0.6 is 11.3 Å². The zero-order valence-corrected chi connectivity index (χ0v) is 13.8. The summed E-state index contributed by atoms with van der Waals surface area (Å²) in [5.74, 6) is -1.03. The lowest BCUT2D eigenvalue weighted by molar-refractivity contribution is 0.0699. The zero-order valence-electron chi connectivity index (χ0n) is 13.0. The average molecular weight is 346 g/mol. The van der Waals surface area contributed by atoms with Crippen LogP contribution < -0.4 is 5.56 Å². The molecular weight excluding hydrogens is 331 g/mol. The van der Waals surface area contributed by atoms with Gasteiger partial charge in [0.25, 0.3) is 5.56 Å². The smallest absolute Gasteiger partial charge is 0.337 e. The Labute approximate surface area is 141 Å². The van der Waals surface area contributed by atoms with Crippen molar-refractivity contribution in [2.45, 2.75) is 26.3 Å². The molecule has 1 aromatic carbocycles. The molecule has 0 atom stereocenters. The summed E-state index contributed by atoms with van der Waals surface area (Å²) in [5.41, 5.74) is -0.131. The Balaban J connectivity index is 2.24. The van der Waals surface area contributed by atoms with Crippen molar-refractivity contribution in [2.75, 3.05) is 0 Å². The number of fused-ring (bicyclic) bond motifs is 1. The number of hydrogen-bond acceptors (Lipinski definition) is 4. The molecule has 124 valence electrons. The van der Waals surface area contributed by atoms with Crippen molar-refractivity contribution in [1.82, 2.24) is 9.55 Å². The molecule has 0 radical (unpaired) electrons. The summed E-state index contributed by atoms with van der Waals surface area (Å²) in [4.78, 5) is 29.1. The van der Waals surface area contributed by atoms with Crippen LogP contribution in [0, 0.1) is 5.82 Å². The Morgan fingerprint density at radius 3 is 2.79 bits per heavy atom. The zero-order chi connectivity index (χ0) is 17.3. The second-order valence-corrected chi connectivity index (χ2v) is 6.25. The fourth-order valence-electron chi connectivity index (χ4n) is 2.60. The van der Waals surface area contributed by atoms with E-state index in [1.54, 1.807) is 18.2 Å². The number of benzene rings is 1. The summed E-state index contributed by atoms with van der Waals surface area (Å²) < 4.78 is 15.3. The first kappa shape index (κ1) is 16.3. The standard InChI is InChI=1S/C17H15FN2O3S/c1-2-5-13-19-15-14(11(9-24-15)17(22)23)16(21)20(13)8-10-6-3-4-7-12(10)18/h3-4,6-7,9H,2,5,8H2,1H3,(H,22,23). The highest BCUT2D eigenvalue weighted by Gasteiger charge is 2.19. The Hall–Kier alpha value is -2.54. The van der Waals surface area contributed by atoms with E-state index in [0.29, 0.717) is 22.6 Å². The van der Waals surface area contributed by atoms with E-state index < -0.39 is 17.3 Å². The highest BCUT2D eigenvalue weighted by Crippen LogP contribution is 2.22. The molecule has 0 aliphatic carbocycles. The Kier molecular flexibility index (Phi) is 4.44. The highest BCUT2D eigenvalue weighted by atomic mass is 32.1. The van der Waals surface area contributed by atoms with Crippen LogP contribution in [0.4, 0.5) is 4.39 Å². The molecule has 0 saturated heterocycles. The predicted molar refractivity (Wildman–Crippen MR) is 90.3 cm³/mol. The summed E-state index contributed by atoms with van der Waals surface area (Å²) in [5, 5.41) is 10.8. The van der Waals surface area contributed by atoms with Crippen molar-refractivity contribution in [3.05, 3.63) is 62.8 Å². The molecule has 2 heterocycles. The molecule has 0 aliphatic heterocycles. The minimum Gasteiger partial charge on any atom is -0.478 e. The molecule has 7 heteroatoms. The monoisotopic (exact) mass is 346 g/mol. The minimum absolute atomic E-state index is 0.0265. The number of carboxylic acid groups (broad SMARTS) is 1. The molecule has 0 spiro atoms. The molecule has 0 fully saturated rings. The lowest BCUT2D eigenvalue weighted by Crippen LogP contribution is -2.26. The fourth-order valence-corrected chi connectivity index (χ4v) is 3.52. The summed E-state index contributed by atoms with van der Waals surface area (Å²) in [7, 11) is 0. The van der Waals surface area contributed by atoms with Gasteiger partial charge in [0.1, 0.15) is 16.5 Å². The van der Waals surface area contributed by atoms with Crippen molar-refractivity contribution < 1.29 is 14.3 Å². The molecule has 0 bridgehead atoms. The van der Waals surface area contributed by atoms with E-state index in [1.165, 1.54) is 16.0 Å². The van der Waals surface area contributed by atoms with Crippen molar-refractivity contribution in [3.63, 3.8) is 0 Å². The van der Waals surface area contributed by atoms with Gasteiger partial charge in [0.05, 0.1) is 17.5 Å². The van der Waals surface area contributed by atoms with Gasteiger partial charge >= 0.3 is 5.97 Å². The molecule has 2 aromatic heterocycles. The molecule has 3 aromatic rings. The van der Waals surface area contributed by atoms with Crippen LogP contribution in [0.2, 0.25) is 0 Å². The number of halogens is 1. The van der Waals surface area contributed by atoms with Crippen molar-refractivity contribution in [3.8, 4) is 0 Å². The van der Waals surface area contributed by atoms with E-state index in [4.69, 9.17) is 0 Å². The summed E-state index contributed by atoms with van der Waals surface area (Å²) in [6.07, 6.45) is 1.33. The first-order valence-corrected chi connectivity index (χ1v) is 8.38. The average Bonchev–Trinajstić information content (AvgIpc) is 2.97. The van der Waals surface area contributed by atoms with Crippen LogP contribution in [0.1, 0.15) is 35.1 Å². The van der Waals surface area contributed by atoms with Crippen LogP contribution in [-0.2, 0) is 13.0 Å². The summed E-state index contributed by atoms with van der Waals surface area (Å²) in [6, 6.07) is 6.21. The van der Waals surface area contributed by atoms with Gasteiger partial charge in [-0.05, 0) is 12.5 Å². The maximum Gasteiger partial charge on any atom is 0.337 e. The topological polar surface area (TPSA) is 72.2 Å². The van der Waals surface area contributed by atoms with Gasteiger partial charge in [-0.15, -0.1) is 11.3 Å². The maximum absolute atomic E-state index is 14.0. The first-order valence-electron chi connectivity index (χ1n) is 7.50. The van der Waals surface area contributed by atoms with E-state index in [1.807, 2.05) is 6.92 Å². The van der Waals surface area contributed by atoms with E-state index in [2.05, 4.69) is 4.98 Å². The number of carbonyl (C=O) groups is 1. The second kappa shape index (κ2) is 6.52. The van der Waals surface area contributed by atoms with E-state index in [-0.39, 0.29) is 17.5 Å². The summed E-state index contributed by atoms with van der Waals surface area (Å²) >= 11 is 1.14. The number of aromatic nitrogens is 2. The fraction of sp³-hybridized carbons (Fsp3) is 0.235. The molecule has 3 rings (SSSR count). The number of hydrogen-bond donors (Lipinski definition) is 1.